The Labute approximate surface area is 87.2 Å². The highest BCUT2D eigenvalue weighted by molar-refractivity contribution is 5.68. The summed E-state index contributed by atoms with van der Waals surface area (Å²) < 4.78 is 5.06. The molecule has 0 aromatic rings. The molecule has 0 aromatic carbocycles. The molecule has 0 spiro atoms. The van der Waals surface area contributed by atoms with Gasteiger partial charge in [-0.25, -0.2) is 4.79 Å². The summed E-state index contributed by atoms with van der Waals surface area (Å²) in [6.45, 7) is 9.47. The van der Waals surface area contributed by atoms with E-state index in [1.165, 1.54) is 12.8 Å². The van der Waals surface area contributed by atoms with E-state index in [2.05, 4.69) is 12.2 Å². The van der Waals surface area contributed by atoms with Gasteiger partial charge in [0.05, 0.1) is 6.54 Å². The van der Waals surface area contributed by atoms with Crippen molar-refractivity contribution >= 4 is 6.09 Å². The first-order chi connectivity index (χ1) is 6.45. The quantitative estimate of drug-likeness (QED) is 0.692. The predicted molar refractivity (Wildman–Crippen MR) is 57.8 cm³/mol. The fourth-order valence-electron chi connectivity index (χ4n) is 0.959. The minimum atomic E-state index is -0.415. The van der Waals surface area contributed by atoms with Gasteiger partial charge < -0.3 is 10.1 Å². The van der Waals surface area contributed by atoms with Crippen LogP contribution in [0.25, 0.3) is 0 Å². The summed E-state index contributed by atoms with van der Waals surface area (Å²) >= 11 is 0. The first kappa shape index (κ1) is 13.3. The van der Waals surface area contributed by atoms with E-state index < -0.39 is 5.60 Å². The van der Waals surface area contributed by atoms with Crippen LogP contribution in [0, 0.1) is 6.54 Å². The van der Waals surface area contributed by atoms with E-state index in [-0.39, 0.29) is 6.09 Å². The molecule has 0 bridgehead atoms. The van der Waals surface area contributed by atoms with Crippen LogP contribution in [-0.4, -0.2) is 11.7 Å². The molecule has 0 unspecified atom stereocenters. The number of alkyl carbamates (subject to hydrolysis) is 1. The van der Waals surface area contributed by atoms with Crippen molar-refractivity contribution in [3.8, 4) is 0 Å². The molecule has 0 saturated heterocycles. The molecule has 0 atom stereocenters. The van der Waals surface area contributed by atoms with Gasteiger partial charge in [-0.2, -0.15) is 0 Å². The minimum absolute atomic E-state index is 0.367. The fraction of sp³-hybridized carbons (Fsp3) is 0.818. The first-order valence-corrected chi connectivity index (χ1v) is 5.27. The second kappa shape index (κ2) is 6.68. The van der Waals surface area contributed by atoms with Crippen molar-refractivity contribution in [3.05, 3.63) is 6.54 Å². The van der Waals surface area contributed by atoms with E-state index in [0.717, 1.165) is 12.8 Å². The Morgan fingerprint density at radius 3 is 2.50 bits per heavy atom. The van der Waals surface area contributed by atoms with E-state index in [9.17, 15) is 4.79 Å². The maximum absolute atomic E-state index is 11.1. The highest BCUT2D eigenvalue weighted by atomic mass is 16.6. The SMILES string of the molecule is CCCCC[CH]NC(=O)OC(C)(C)C. The molecule has 0 aliphatic carbocycles. The predicted octanol–water partition coefficient (Wildman–Crippen LogP) is 3.25. The third-order valence-corrected chi connectivity index (χ3v) is 1.57. The Morgan fingerprint density at radius 2 is 2.00 bits per heavy atom. The van der Waals surface area contributed by atoms with Crippen LogP contribution in [0.4, 0.5) is 4.79 Å². The topological polar surface area (TPSA) is 38.3 Å². The van der Waals surface area contributed by atoms with Crippen LogP contribution in [0.2, 0.25) is 0 Å². The van der Waals surface area contributed by atoms with Gasteiger partial charge >= 0.3 is 6.09 Å². The molecule has 1 N–H and O–H groups in total. The second-order valence-electron chi connectivity index (χ2n) is 4.35. The molecular formula is C11H22NO2. The molecule has 1 radical (unpaired) electrons. The number of rotatable bonds is 5. The lowest BCUT2D eigenvalue weighted by Gasteiger charge is -2.19. The van der Waals surface area contributed by atoms with Gasteiger partial charge in [0.1, 0.15) is 5.60 Å². The van der Waals surface area contributed by atoms with Gasteiger partial charge in [-0.3, -0.25) is 0 Å². The van der Waals surface area contributed by atoms with E-state index in [1.54, 1.807) is 6.54 Å². The zero-order chi connectivity index (χ0) is 11.0. The van der Waals surface area contributed by atoms with Crippen molar-refractivity contribution in [1.82, 2.24) is 5.32 Å². The number of hydrogen-bond donors (Lipinski definition) is 1. The van der Waals surface area contributed by atoms with Crippen LogP contribution in [-0.2, 0) is 4.74 Å². The van der Waals surface area contributed by atoms with Crippen molar-refractivity contribution in [2.75, 3.05) is 0 Å². The molecule has 0 aromatic heterocycles. The fourth-order valence-corrected chi connectivity index (χ4v) is 0.959. The molecule has 0 saturated carbocycles. The second-order valence-corrected chi connectivity index (χ2v) is 4.35. The minimum Gasteiger partial charge on any atom is -0.444 e. The van der Waals surface area contributed by atoms with Crippen LogP contribution < -0.4 is 5.32 Å². The molecule has 0 aliphatic heterocycles. The van der Waals surface area contributed by atoms with Crippen molar-refractivity contribution < 1.29 is 9.53 Å². The Morgan fingerprint density at radius 1 is 1.36 bits per heavy atom. The van der Waals surface area contributed by atoms with Gasteiger partial charge in [-0.15, -0.1) is 0 Å². The number of carbonyl (C=O) groups excluding carboxylic acids is 1. The maximum Gasteiger partial charge on any atom is 0.407 e. The highest BCUT2D eigenvalue weighted by Gasteiger charge is 2.15. The van der Waals surface area contributed by atoms with E-state index >= 15 is 0 Å². The number of carbonyl (C=O) groups is 1. The molecule has 0 rings (SSSR count). The van der Waals surface area contributed by atoms with Gasteiger partial charge in [-0.1, -0.05) is 26.2 Å². The molecule has 3 nitrogen and oxygen atoms in total. The lowest BCUT2D eigenvalue weighted by Crippen LogP contribution is -2.31. The Hall–Kier alpha value is -0.730. The maximum atomic E-state index is 11.1. The lowest BCUT2D eigenvalue weighted by molar-refractivity contribution is 0.0541. The number of nitrogens with one attached hydrogen (secondary N) is 1. The van der Waals surface area contributed by atoms with Gasteiger partial charge in [-0.05, 0) is 27.2 Å². The zero-order valence-corrected chi connectivity index (χ0v) is 9.72. The van der Waals surface area contributed by atoms with Crippen molar-refractivity contribution in [2.24, 2.45) is 0 Å². The lowest BCUT2D eigenvalue weighted by atomic mass is 10.2. The molecule has 1 amide bonds. The van der Waals surface area contributed by atoms with Gasteiger partial charge in [0.25, 0.3) is 0 Å². The molecule has 83 valence electrons. The van der Waals surface area contributed by atoms with Gasteiger partial charge in [0, 0.05) is 0 Å². The van der Waals surface area contributed by atoms with Crippen LogP contribution in [0.15, 0.2) is 0 Å². The molecule has 0 heterocycles. The monoisotopic (exact) mass is 200 g/mol. The largest absolute Gasteiger partial charge is 0.444 e. The van der Waals surface area contributed by atoms with Gasteiger partial charge in [0.15, 0.2) is 0 Å². The van der Waals surface area contributed by atoms with Crippen molar-refractivity contribution in [3.63, 3.8) is 0 Å². The van der Waals surface area contributed by atoms with Crippen molar-refractivity contribution in [2.45, 2.75) is 59.0 Å². The molecular weight excluding hydrogens is 178 g/mol. The molecule has 0 fully saturated rings. The van der Waals surface area contributed by atoms with Crippen LogP contribution in [0.5, 0.6) is 0 Å². The number of hydrogen-bond acceptors (Lipinski definition) is 2. The summed E-state index contributed by atoms with van der Waals surface area (Å²) in [5, 5.41) is 2.61. The summed E-state index contributed by atoms with van der Waals surface area (Å²) in [6.07, 6.45) is 4.06. The smallest absolute Gasteiger partial charge is 0.407 e. The molecule has 3 heteroatoms. The first-order valence-electron chi connectivity index (χ1n) is 5.27. The Balaban J connectivity index is 3.36. The standard InChI is InChI=1S/C11H22NO2/c1-5-6-7-8-9-12-10(13)14-11(2,3)4/h9H,5-8H2,1-4H3,(H,12,13). The molecule has 14 heavy (non-hydrogen) atoms. The zero-order valence-electron chi connectivity index (χ0n) is 9.72. The van der Waals surface area contributed by atoms with Crippen LogP contribution in [0.1, 0.15) is 53.4 Å². The van der Waals surface area contributed by atoms with E-state index in [0.29, 0.717) is 0 Å². The van der Waals surface area contributed by atoms with E-state index in [4.69, 9.17) is 4.74 Å². The molecule has 0 aliphatic rings. The van der Waals surface area contributed by atoms with Gasteiger partial charge in [0.2, 0.25) is 0 Å². The van der Waals surface area contributed by atoms with Crippen LogP contribution in [0.3, 0.4) is 0 Å². The van der Waals surface area contributed by atoms with E-state index in [1.807, 2.05) is 20.8 Å². The number of amides is 1. The Kier molecular flexibility index (Phi) is 6.34. The third-order valence-electron chi connectivity index (χ3n) is 1.57. The summed E-state index contributed by atoms with van der Waals surface area (Å²) in [5.41, 5.74) is -0.415. The highest BCUT2D eigenvalue weighted by Crippen LogP contribution is 2.07. The summed E-state index contributed by atoms with van der Waals surface area (Å²) in [5.74, 6) is 0. The average Bonchev–Trinajstić information content (AvgIpc) is 2.00. The normalized spacial score (nSPS) is 11.1. The number of ether oxygens (including phenoxy) is 1. The summed E-state index contributed by atoms with van der Waals surface area (Å²) in [7, 11) is 0. The Bertz CT molecular complexity index is 161. The number of unbranched alkanes of at least 4 members (excludes halogenated alkanes) is 3. The average molecular weight is 200 g/mol. The van der Waals surface area contributed by atoms with Crippen LogP contribution >= 0.6 is 0 Å². The summed E-state index contributed by atoms with van der Waals surface area (Å²) in [6, 6.07) is 0. The third kappa shape index (κ3) is 9.36. The summed E-state index contributed by atoms with van der Waals surface area (Å²) in [4.78, 5) is 11.1. The van der Waals surface area contributed by atoms with Crippen molar-refractivity contribution in [1.29, 1.82) is 0 Å².